The Kier molecular flexibility index (Phi) is 6.96. The smallest absolute Gasteiger partial charge is 0.282 e. The number of likely N-dealkylation sites (N-methyl/N-ethyl adjacent to an activating group) is 1. The first-order valence-corrected chi connectivity index (χ1v) is 8.86. The number of amides is 1. The van der Waals surface area contributed by atoms with Crippen LogP contribution >= 0.6 is 34.8 Å². The molecule has 0 radical (unpaired) electrons. The van der Waals surface area contributed by atoms with Crippen molar-refractivity contribution in [2.24, 2.45) is 0 Å². The topological polar surface area (TPSA) is 42.8 Å². The number of carbonyl (C=O) groups excluding carboxylic acids is 1. The molecule has 0 saturated heterocycles. The maximum Gasteiger partial charge on any atom is 0.282 e. The molecule has 0 aliphatic rings. The lowest BCUT2D eigenvalue weighted by Gasteiger charge is -2.22. The summed E-state index contributed by atoms with van der Waals surface area (Å²) in [5.41, 5.74) is 1.44. The molecule has 2 rings (SSSR count). The minimum absolute atomic E-state index is 0.142. The molecule has 134 valence electrons. The SMILES string of the molecule is COc1ccc(Cl)cc1NC(=O)[C@H](C)[NH+](C)Cc1cccc(Cl)c1Cl. The number of ether oxygens (including phenoxy) is 1. The highest BCUT2D eigenvalue weighted by Gasteiger charge is 2.24. The number of carbonyl (C=O) groups is 1. The van der Waals surface area contributed by atoms with Crippen molar-refractivity contribution in [3.05, 3.63) is 57.0 Å². The standard InChI is InChI=1S/C18H19Cl3N2O2/c1-11(23(2)10-12-5-4-6-14(20)17(12)21)18(24)22-15-9-13(19)7-8-16(15)25-3/h4-9,11H,10H2,1-3H3,(H,22,24)/p+1/t11-/m0/s1. The molecule has 4 nitrogen and oxygen atoms in total. The molecule has 0 fully saturated rings. The van der Waals surface area contributed by atoms with Crippen molar-refractivity contribution >= 4 is 46.4 Å². The number of methoxy groups -OCH3 is 1. The zero-order chi connectivity index (χ0) is 18.6. The van der Waals surface area contributed by atoms with Crippen molar-refractivity contribution < 1.29 is 14.4 Å². The Hall–Kier alpha value is -1.46. The van der Waals surface area contributed by atoms with Gasteiger partial charge in [-0.2, -0.15) is 0 Å². The van der Waals surface area contributed by atoms with Crippen LogP contribution in [0, 0.1) is 0 Å². The molecule has 7 heteroatoms. The van der Waals surface area contributed by atoms with E-state index < -0.39 is 0 Å². The minimum Gasteiger partial charge on any atom is -0.495 e. The molecule has 0 aliphatic carbocycles. The summed E-state index contributed by atoms with van der Waals surface area (Å²) >= 11 is 18.3. The zero-order valence-corrected chi connectivity index (χ0v) is 16.5. The van der Waals surface area contributed by atoms with E-state index in [0.29, 0.717) is 33.0 Å². The second-order valence-corrected chi connectivity index (χ2v) is 7.01. The Balaban J connectivity index is 2.09. The van der Waals surface area contributed by atoms with Gasteiger partial charge in [0.05, 0.1) is 29.9 Å². The number of halogens is 3. The summed E-state index contributed by atoms with van der Waals surface area (Å²) in [4.78, 5) is 13.6. The molecule has 0 aromatic heterocycles. The van der Waals surface area contributed by atoms with Gasteiger partial charge in [0.2, 0.25) is 0 Å². The summed E-state index contributed by atoms with van der Waals surface area (Å²) in [6, 6.07) is 10.3. The molecular weight excluding hydrogens is 383 g/mol. The van der Waals surface area contributed by atoms with Gasteiger partial charge in [0.1, 0.15) is 12.3 Å². The fourth-order valence-electron chi connectivity index (χ4n) is 2.38. The van der Waals surface area contributed by atoms with Crippen LogP contribution in [-0.4, -0.2) is 26.1 Å². The third kappa shape index (κ3) is 5.02. The summed E-state index contributed by atoms with van der Waals surface area (Å²) < 4.78 is 5.25. The monoisotopic (exact) mass is 401 g/mol. The van der Waals surface area contributed by atoms with Gasteiger partial charge in [-0.3, -0.25) is 4.79 Å². The molecule has 0 saturated carbocycles. The quantitative estimate of drug-likeness (QED) is 0.774. The number of rotatable bonds is 6. The molecule has 2 N–H and O–H groups in total. The number of hydrogen-bond acceptors (Lipinski definition) is 2. The Morgan fingerprint density at radius 1 is 1.24 bits per heavy atom. The molecule has 0 heterocycles. The van der Waals surface area contributed by atoms with Gasteiger partial charge in [-0.15, -0.1) is 0 Å². The van der Waals surface area contributed by atoms with Gasteiger partial charge < -0.3 is 15.0 Å². The molecular formula is C18H20Cl3N2O2+. The van der Waals surface area contributed by atoms with Gasteiger partial charge >= 0.3 is 0 Å². The van der Waals surface area contributed by atoms with Crippen LogP contribution in [0.2, 0.25) is 15.1 Å². The van der Waals surface area contributed by atoms with Gasteiger partial charge in [-0.25, -0.2) is 0 Å². The molecule has 1 amide bonds. The van der Waals surface area contributed by atoms with Crippen LogP contribution < -0.4 is 15.0 Å². The summed E-state index contributed by atoms with van der Waals surface area (Å²) in [6.07, 6.45) is 0. The highest BCUT2D eigenvalue weighted by Crippen LogP contribution is 2.28. The average Bonchev–Trinajstić information content (AvgIpc) is 2.58. The molecule has 0 spiro atoms. The maximum atomic E-state index is 12.6. The summed E-state index contributed by atoms with van der Waals surface area (Å²) in [5.74, 6) is 0.414. The summed E-state index contributed by atoms with van der Waals surface area (Å²) in [7, 11) is 3.47. The van der Waals surface area contributed by atoms with Crippen LogP contribution in [0.25, 0.3) is 0 Å². The van der Waals surface area contributed by atoms with E-state index in [4.69, 9.17) is 39.5 Å². The lowest BCUT2D eigenvalue weighted by atomic mass is 10.1. The van der Waals surface area contributed by atoms with Crippen LogP contribution in [0.15, 0.2) is 36.4 Å². The Morgan fingerprint density at radius 3 is 2.64 bits per heavy atom. The van der Waals surface area contributed by atoms with Crippen molar-refractivity contribution in [2.45, 2.75) is 19.5 Å². The van der Waals surface area contributed by atoms with Crippen LogP contribution in [0.4, 0.5) is 5.69 Å². The third-order valence-electron chi connectivity index (χ3n) is 4.05. The normalized spacial score (nSPS) is 13.2. The van der Waals surface area contributed by atoms with E-state index >= 15 is 0 Å². The highest BCUT2D eigenvalue weighted by molar-refractivity contribution is 6.42. The van der Waals surface area contributed by atoms with Crippen LogP contribution in [0.5, 0.6) is 5.75 Å². The minimum atomic E-state index is -0.321. The van der Waals surface area contributed by atoms with Crippen LogP contribution in [0.3, 0.4) is 0 Å². The number of quaternary nitrogens is 1. The Labute approximate surface area is 162 Å². The molecule has 1 unspecified atom stereocenters. The van der Waals surface area contributed by atoms with Gasteiger partial charge in [-0.05, 0) is 31.2 Å². The summed E-state index contributed by atoms with van der Waals surface area (Å²) in [6.45, 7) is 2.42. The van der Waals surface area contributed by atoms with Gasteiger partial charge in [-0.1, -0.05) is 46.9 Å². The van der Waals surface area contributed by atoms with Crippen LogP contribution in [0.1, 0.15) is 12.5 Å². The van der Waals surface area contributed by atoms with E-state index in [-0.39, 0.29) is 11.9 Å². The maximum absolute atomic E-state index is 12.6. The second kappa shape index (κ2) is 8.77. The van der Waals surface area contributed by atoms with E-state index in [1.807, 2.05) is 26.1 Å². The van der Waals surface area contributed by atoms with Gasteiger partial charge in [0.15, 0.2) is 6.04 Å². The van der Waals surface area contributed by atoms with Crippen molar-refractivity contribution in [1.82, 2.24) is 0 Å². The number of hydrogen-bond donors (Lipinski definition) is 2. The number of anilines is 1. The lowest BCUT2D eigenvalue weighted by Crippen LogP contribution is -3.12. The molecule has 2 atom stereocenters. The van der Waals surface area contributed by atoms with Crippen molar-refractivity contribution in [2.75, 3.05) is 19.5 Å². The molecule has 25 heavy (non-hydrogen) atoms. The first-order valence-electron chi connectivity index (χ1n) is 7.73. The van der Waals surface area contributed by atoms with E-state index in [0.717, 1.165) is 10.5 Å². The number of benzene rings is 2. The van der Waals surface area contributed by atoms with Crippen molar-refractivity contribution in [3.63, 3.8) is 0 Å². The molecule has 0 bridgehead atoms. The fourth-order valence-corrected chi connectivity index (χ4v) is 2.94. The fraction of sp³-hybridized carbons (Fsp3) is 0.278. The van der Waals surface area contributed by atoms with E-state index in [9.17, 15) is 4.79 Å². The zero-order valence-electron chi connectivity index (χ0n) is 14.2. The Morgan fingerprint density at radius 2 is 1.96 bits per heavy atom. The van der Waals surface area contributed by atoms with Gasteiger partial charge in [0.25, 0.3) is 5.91 Å². The Bertz CT molecular complexity index is 768. The second-order valence-electron chi connectivity index (χ2n) is 5.79. The largest absolute Gasteiger partial charge is 0.495 e. The first kappa shape index (κ1) is 19.9. The van der Waals surface area contributed by atoms with E-state index in [1.54, 1.807) is 31.4 Å². The van der Waals surface area contributed by atoms with Gasteiger partial charge in [0, 0.05) is 10.6 Å². The predicted octanol–water partition coefficient (Wildman–Crippen LogP) is 3.70. The molecule has 2 aromatic carbocycles. The van der Waals surface area contributed by atoms with Crippen molar-refractivity contribution in [3.8, 4) is 5.75 Å². The highest BCUT2D eigenvalue weighted by atomic mass is 35.5. The van der Waals surface area contributed by atoms with Crippen LogP contribution in [-0.2, 0) is 11.3 Å². The number of nitrogens with one attached hydrogen (secondary N) is 2. The average molecular weight is 403 g/mol. The third-order valence-corrected chi connectivity index (χ3v) is 5.15. The van der Waals surface area contributed by atoms with E-state index in [2.05, 4.69) is 5.32 Å². The summed E-state index contributed by atoms with van der Waals surface area (Å²) in [5, 5.41) is 4.42. The lowest BCUT2D eigenvalue weighted by molar-refractivity contribution is -0.907. The van der Waals surface area contributed by atoms with Crippen molar-refractivity contribution in [1.29, 1.82) is 0 Å². The van der Waals surface area contributed by atoms with E-state index in [1.165, 1.54) is 0 Å². The first-order chi connectivity index (χ1) is 11.8. The molecule has 0 aliphatic heterocycles. The predicted molar refractivity (Wildman–Crippen MR) is 103 cm³/mol. The molecule has 2 aromatic rings.